The number of benzene rings is 1. The number of nitrogens with one attached hydrogen (secondary N) is 1. The van der Waals surface area contributed by atoms with Crippen molar-refractivity contribution in [1.82, 2.24) is 4.49 Å². The van der Waals surface area contributed by atoms with Crippen molar-refractivity contribution in [3.05, 3.63) is 24.3 Å². The van der Waals surface area contributed by atoms with E-state index in [0.29, 0.717) is 5.69 Å². The fraction of sp³-hybridized carbons (Fsp3) is 0.400. The molecule has 0 bridgehead atoms. The van der Waals surface area contributed by atoms with Crippen molar-refractivity contribution < 1.29 is 17.5 Å². The molecule has 0 radical (unpaired) electrons. The summed E-state index contributed by atoms with van der Waals surface area (Å²) < 4.78 is 37.1. The van der Waals surface area contributed by atoms with Gasteiger partial charge in [0, 0.05) is 5.69 Å². The summed E-state index contributed by atoms with van der Waals surface area (Å²) in [5.41, 5.74) is 5.99. The van der Waals surface area contributed by atoms with Crippen LogP contribution < -0.4 is 10.2 Å². The van der Waals surface area contributed by atoms with Gasteiger partial charge in [-0.1, -0.05) is 0 Å². The quantitative estimate of drug-likeness (QED) is 0.587. The van der Waals surface area contributed by atoms with Crippen LogP contribution in [-0.4, -0.2) is 21.6 Å². The van der Waals surface area contributed by atoms with Gasteiger partial charge in [0.25, 0.3) is 6.64 Å². The number of sulfonamides is 1. The molecule has 9 heteroatoms. The summed E-state index contributed by atoms with van der Waals surface area (Å²) in [4.78, 5) is 0.0651. The monoisotopic (exact) mass is 324 g/mol. The minimum Gasteiger partial charge on any atom is -0.399 e. The third kappa shape index (κ3) is 4.83. The molecule has 0 aliphatic heterocycles. The molecule has 0 atom stereocenters. The van der Waals surface area contributed by atoms with E-state index < -0.39 is 16.7 Å². The Morgan fingerprint density at radius 2 is 1.68 bits per heavy atom. The van der Waals surface area contributed by atoms with E-state index in [1.165, 1.54) is 24.3 Å². The van der Waals surface area contributed by atoms with Crippen LogP contribution in [0.15, 0.2) is 29.2 Å². The van der Waals surface area contributed by atoms with Gasteiger partial charge in [-0.2, -0.15) is 0 Å². The Kier molecular flexibility index (Phi) is 5.91. The molecule has 0 amide bonds. The molecule has 1 aromatic rings. The second kappa shape index (κ2) is 6.78. The van der Waals surface area contributed by atoms with E-state index in [1.807, 2.05) is 0 Å². The van der Waals surface area contributed by atoms with Crippen LogP contribution in [0.1, 0.15) is 13.8 Å². The van der Waals surface area contributed by atoms with Crippen molar-refractivity contribution in [3.63, 3.8) is 0 Å². The molecular weight excluding hydrogens is 307 g/mol. The third-order valence-electron chi connectivity index (χ3n) is 2.02. The van der Waals surface area contributed by atoms with E-state index in [-0.39, 0.29) is 18.1 Å². The molecule has 6 nitrogen and oxygen atoms in total. The lowest BCUT2D eigenvalue weighted by Gasteiger charge is -2.21. The van der Waals surface area contributed by atoms with E-state index in [4.69, 9.17) is 26.6 Å². The van der Waals surface area contributed by atoms with Gasteiger partial charge in [-0.25, -0.2) is 8.42 Å². The van der Waals surface area contributed by atoms with Crippen LogP contribution in [0.2, 0.25) is 0 Å². The van der Waals surface area contributed by atoms with Gasteiger partial charge >= 0.3 is 0 Å². The molecule has 0 spiro atoms. The van der Waals surface area contributed by atoms with Crippen LogP contribution in [0, 0.1) is 0 Å². The van der Waals surface area contributed by atoms with E-state index in [9.17, 15) is 8.42 Å². The lowest BCUT2D eigenvalue weighted by Crippen LogP contribution is -2.23. The zero-order chi connectivity index (χ0) is 14.5. The standard InChI is InChI=1S/C10H17N2O4PS2/c1-3-15-17(18,16-4-2)12-19(13,14)10-7-5-9(11)6-8-10/h5-8H,3-4,11H2,1-2H3,(H,12,18). The van der Waals surface area contributed by atoms with Crippen LogP contribution in [0.5, 0.6) is 0 Å². The molecule has 0 saturated heterocycles. The maximum absolute atomic E-state index is 12.2. The Balaban J connectivity index is 3.00. The van der Waals surface area contributed by atoms with Crippen LogP contribution >= 0.6 is 6.64 Å². The van der Waals surface area contributed by atoms with Gasteiger partial charge in [-0.05, 0) is 49.9 Å². The topological polar surface area (TPSA) is 90.7 Å². The van der Waals surface area contributed by atoms with Gasteiger partial charge in [0.1, 0.15) is 0 Å². The Bertz CT molecular complexity index is 549. The second-order valence-electron chi connectivity index (χ2n) is 3.50. The van der Waals surface area contributed by atoms with Crippen molar-refractivity contribution in [2.45, 2.75) is 18.7 Å². The van der Waals surface area contributed by atoms with Gasteiger partial charge in [-0.15, -0.1) is 4.49 Å². The molecule has 0 heterocycles. The smallest absolute Gasteiger partial charge is 0.275 e. The lowest BCUT2D eigenvalue weighted by atomic mass is 10.3. The highest BCUT2D eigenvalue weighted by Crippen LogP contribution is 2.45. The highest BCUT2D eigenvalue weighted by Gasteiger charge is 2.27. The van der Waals surface area contributed by atoms with Gasteiger partial charge in [0.05, 0.1) is 18.1 Å². The molecular formula is C10H17N2O4PS2. The number of nitrogens with two attached hydrogens (primary N) is 1. The molecule has 0 aliphatic carbocycles. The number of rotatable bonds is 7. The fourth-order valence-corrected chi connectivity index (χ4v) is 6.06. The van der Waals surface area contributed by atoms with Gasteiger partial charge < -0.3 is 14.8 Å². The zero-order valence-electron chi connectivity index (χ0n) is 10.7. The molecule has 3 N–H and O–H groups in total. The SMILES string of the molecule is CCOP(=S)(NS(=O)(=O)c1ccc(N)cc1)OCC. The number of anilines is 1. The largest absolute Gasteiger partial charge is 0.399 e. The number of hydrogen-bond acceptors (Lipinski definition) is 6. The molecule has 1 aromatic carbocycles. The van der Waals surface area contributed by atoms with E-state index in [2.05, 4.69) is 4.49 Å². The van der Waals surface area contributed by atoms with Crippen LogP contribution in [0.3, 0.4) is 0 Å². The Morgan fingerprint density at radius 3 is 2.11 bits per heavy atom. The Hall–Kier alpha value is -0.500. The van der Waals surface area contributed by atoms with Crippen molar-refractivity contribution in [2.75, 3.05) is 18.9 Å². The van der Waals surface area contributed by atoms with Crippen molar-refractivity contribution in [2.24, 2.45) is 0 Å². The van der Waals surface area contributed by atoms with Gasteiger partial charge in [0.15, 0.2) is 0 Å². The van der Waals surface area contributed by atoms with E-state index >= 15 is 0 Å². The average molecular weight is 324 g/mol. The zero-order valence-corrected chi connectivity index (χ0v) is 13.2. The van der Waals surface area contributed by atoms with Crippen molar-refractivity contribution in [3.8, 4) is 0 Å². The predicted molar refractivity (Wildman–Crippen MR) is 78.7 cm³/mol. The molecule has 0 aliphatic rings. The van der Waals surface area contributed by atoms with Crippen LogP contribution in [0.25, 0.3) is 0 Å². The Labute approximate surface area is 118 Å². The normalized spacial score (nSPS) is 12.5. The van der Waals surface area contributed by atoms with E-state index in [1.54, 1.807) is 13.8 Å². The molecule has 0 fully saturated rings. The van der Waals surface area contributed by atoms with Crippen molar-refractivity contribution in [1.29, 1.82) is 0 Å². The van der Waals surface area contributed by atoms with Crippen molar-refractivity contribution >= 4 is 34.2 Å². The number of nitrogen functional groups attached to an aromatic ring is 1. The minimum atomic E-state index is -3.79. The molecule has 0 unspecified atom stereocenters. The predicted octanol–water partition coefficient (Wildman–Crippen LogP) is 1.84. The highest BCUT2D eigenvalue weighted by molar-refractivity contribution is 8.14. The molecule has 0 aromatic heterocycles. The number of hydrogen-bond donors (Lipinski definition) is 2. The van der Waals surface area contributed by atoms with E-state index in [0.717, 1.165) is 0 Å². The first-order valence-corrected chi connectivity index (χ1v) is 9.74. The first-order chi connectivity index (χ1) is 8.83. The summed E-state index contributed by atoms with van der Waals surface area (Å²) in [5, 5.41) is 0. The van der Waals surface area contributed by atoms with Crippen LogP contribution in [0.4, 0.5) is 5.69 Å². The summed E-state index contributed by atoms with van der Waals surface area (Å²) in [5.74, 6) is 0. The molecule has 1 rings (SSSR count). The minimum absolute atomic E-state index is 0.0651. The maximum atomic E-state index is 12.2. The first kappa shape index (κ1) is 16.6. The van der Waals surface area contributed by atoms with Crippen LogP contribution in [-0.2, 0) is 30.9 Å². The summed E-state index contributed by atoms with van der Waals surface area (Å²) in [6, 6.07) is 5.79. The molecule has 0 saturated carbocycles. The summed E-state index contributed by atoms with van der Waals surface area (Å²) in [7, 11) is -3.79. The summed E-state index contributed by atoms with van der Waals surface area (Å²) in [6.45, 7) is 0.916. The van der Waals surface area contributed by atoms with Gasteiger partial charge in [-0.3, -0.25) is 0 Å². The molecule has 108 valence electrons. The third-order valence-corrected chi connectivity index (χ3v) is 7.27. The highest BCUT2D eigenvalue weighted by atomic mass is 32.5. The maximum Gasteiger partial charge on any atom is 0.275 e. The average Bonchev–Trinajstić information content (AvgIpc) is 2.28. The fourth-order valence-electron chi connectivity index (χ4n) is 1.28. The summed E-state index contributed by atoms with van der Waals surface area (Å²) in [6.07, 6.45) is 0. The first-order valence-electron chi connectivity index (χ1n) is 5.61. The lowest BCUT2D eigenvalue weighted by molar-refractivity contribution is 0.264. The molecule has 19 heavy (non-hydrogen) atoms. The Morgan fingerprint density at radius 1 is 1.21 bits per heavy atom. The van der Waals surface area contributed by atoms with Gasteiger partial charge in [0.2, 0.25) is 10.0 Å². The second-order valence-corrected chi connectivity index (χ2v) is 8.66. The summed E-state index contributed by atoms with van der Waals surface area (Å²) >= 11 is 5.13.